The molecule has 0 bridgehead atoms. The first-order valence-electron chi connectivity index (χ1n) is 5.99. The van der Waals surface area contributed by atoms with Crippen molar-refractivity contribution < 1.29 is 13.9 Å². The van der Waals surface area contributed by atoms with E-state index in [1.54, 1.807) is 6.07 Å². The average molecular weight is 293 g/mol. The molecule has 5 heteroatoms. The Morgan fingerprint density at radius 2 is 2.22 bits per heavy atom. The van der Waals surface area contributed by atoms with Gasteiger partial charge in [-0.2, -0.15) is 0 Å². The Hall–Kier alpha value is -0.510. The monoisotopic (exact) mass is 292 g/mol. The molecule has 3 atom stereocenters. The van der Waals surface area contributed by atoms with Gasteiger partial charge in [-0.1, -0.05) is 18.5 Å². The van der Waals surface area contributed by atoms with Crippen LogP contribution < -0.4 is 4.74 Å². The van der Waals surface area contributed by atoms with Crippen LogP contribution in [0.15, 0.2) is 18.2 Å². The van der Waals surface area contributed by atoms with Crippen molar-refractivity contribution in [3.05, 3.63) is 29.0 Å². The molecule has 0 saturated heterocycles. The number of rotatable bonds is 5. The van der Waals surface area contributed by atoms with Crippen LogP contribution in [0.2, 0.25) is 5.02 Å². The zero-order chi connectivity index (χ0) is 13.1. The number of hydrogen-bond acceptors (Lipinski definition) is 2. The first-order valence-corrected chi connectivity index (χ1v) is 6.80. The van der Waals surface area contributed by atoms with E-state index in [4.69, 9.17) is 32.7 Å². The molecule has 0 amide bonds. The number of halogens is 3. The predicted octanol–water partition coefficient (Wildman–Crippen LogP) is 4.03. The molecule has 1 aromatic carbocycles. The molecular formula is C13H15Cl2FO2. The van der Waals surface area contributed by atoms with Gasteiger partial charge in [0.1, 0.15) is 23.8 Å². The molecule has 100 valence electrons. The molecule has 1 saturated carbocycles. The Morgan fingerprint density at radius 1 is 1.44 bits per heavy atom. The van der Waals surface area contributed by atoms with Gasteiger partial charge in [0.05, 0.1) is 10.4 Å². The fourth-order valence-corrected chi connectivity index (χ4v) is 2.36. The summed E-state index contributed by atoms with van der Waals surface area (Å²) < 4.78 is 24.5. The predicted molar refractivity (Wildman–Crippen MR) is 70.1 cm³/mol. The highest BCUT2D eigenvalue weighted by Gasteiger charge is 2.42. The number of ether oxygens (including phenoxy) is 2. The quantitative estimate of drug-likeness (QED) is 0.763. The van der Waals surface area contributed by atoms with Crippen molar-refractivity contribution in [1.82, 2.24) is 0 Å². The Labute approximate surface area is 116 Å². The Kier molecular flexibility index (Phi) is 4.71. The third-order valence-corrected chi connectivity index (χ3v) is 3.61. The molecule has 1 fully saturated rings. The third-order valence-electron chi connectivity index (χ3n) is 2.87. The molecule has 1 aliphatic rings. The molecule has 0 aliphatic heterocycles. The minimum Gasteiger partial charge on any atom is -0.487 e. The van der Waals surface area contributed by atoms with Crippen LogP contribution in [0.1, 0.15) is 19.8 Å². The molecule has 0 radical (unpaired) electrons. The summed E-state index contributed by atoms with van der Waals surface area (Å²) in [5, 5.41) is 0.0589. The maximum absolute atomic E-state index is 13.3. The molecular weight excluding hydrogens is 278 g/mol. The Morgan fingerprint density at radius 3 is 2.83 bits per heavy atom. The third kappa shape index (κ3) is 3.08. The van der Waals surface area contributed by atoms with E-state index in [1.165, 1.54) is 12.1 Å². The normalized spacial score (nSPS) is 26.8. The highest BCUT2D eigenvalue weighted by molar-refractivity contribution is 6.30. The van der Waals surface area contributed by atoms with Gasteiger partial charge in [0.15, 0.2) is 0 Å². The van der Waals surface area contributed by atoms with E-state index in [-0.39, 0.29) is 22.6 Å². The SMILES string of the molecule is CCCOC1C(Cl)CC1Oc1ccc(Cl)c(F)c1. The summed E-state index contributed by atoms with van der Waals surface area (Å²) in [6.07, 6.45) is 1.41. The van der Waals surface area contributed by atoms with Crippen molar-refractivity contribution in [2.24, 2.45) is 0 Å². The van der Waals surface area contributed by atoms with Crippen molar-refractivity contribution in [2.75, 3.05) is 6.61 Å². The molecule has 18 heavy (non-hydrogen) atoms. The van der Waals surface area contributed by atoms with Gasteiger partial charge in [-0.25, -0.2) is 4.39 Å². The average Bonchev–Trinajstić information content (AvgIpc) is 2.33. The smallest absolute Gasteiger partial charge is 0.145 e. The van der Waals surface area contributed by atoms with Crippen molar-refractivity contribution in [3.63, 3.8) is 0 Å². The van der Waals surface area contributed by atoms with E-state index in [0.29, 0.717) is 18.8 Å². The lowest BCUT2D eigenvalue weighted by molar-refractivity contribution is -0.0798. The summed E-state index contributed by atoms with van der Waals surface area (Å²) in [6, 6.07) is 4.40. The van der Waals surface area contributed by atoms with Crippen LogP contribution in [-0.2, 0) is 4.74 Å². The summed E-state index contributed by atoms with van der Waals surface area (Å²) in [4.78, 5) is 0. The molecule has 2 nitrogen and oxygen atoms in total. The minimum atomic E-state index is -0.484. The molecule has 0 N–H and O–H groups in total. The summed E-state index contributed by atoms with van der Waals surface area (Å²) in [6.45, 7) is 2.69. The van der Waals surface area contributed by atoms with Crippen LogP contribution in [0.3, 0.4) is 0 Å². The maximum Gasteiger partial charge on any atom is 0.145 e. The van der Waals surface area contributed by atoms with E-state index >= 15 is 0 Å². The van der Waals surface area contributed by atoms with Crippen molar-refractivity contribution >= 4 is 23.2 Å². The highest BCUT2D eigenvalue weighted by Crippen LogP contribution is 2.33. The topological polar surface area (TPSA) is 18.5 Å². The van der Waals surface area contributed by atoms with Gasteiger partial charge in [-0.15, -0.1) is 11.6 Å². The second-order valence-corrected chi connectivity index (χ2v) is 5.29. The fourth-order valence-electron chi connectivity index (χ4n) is 1.83. The Balaban J connectivity index is 1.94. The van der Waals surface area contributed by atoms with E-state index in [2.05, 4.69) is 0 Å². The summed E-state index contributed by atoms with van der Waals surface area (Å²) >= 11 is 11.7. The lowest BCUT2D eigenvalue weighted by Crippen LogP contribution is -2.52. The van der Waals surface area contributed by atoms with Crippen molar-refractivity contribution in [2.45, 2.75) is 37.4 Å². The molecule has 0 heterocycles. The standard InChI is InChI=1S/C13H15Cl2FO2/c1-2-5-17-13-10(15)7-12(13)18-8-3-4-9(14)11(16)6-8/h3-4,6,10,12-13H,2,5,7H2,1H3. The summed E-state index contributed by atoms with van der Waals surface area (Å²) in [7, 11) is 0. The van der Waals surface area contributed by atoms with Gasteiger partial charge in [-0.05, 0) is 18.6 Å². The molecule has 1 aromatic rings. The molecule has 1 aliphatic carbocycles. The first-order chi connectivity index (χ1) is 8.61. The zero-order valence-electron chi connectivity index (χ0n) is 10.0. The minimum absolute atomic E-state index is 0.0290. The molecule has 0 aromatic heterocycles. The van der Waals surface area contributed by atoms with E-state index in [0.717, 1.165) is 6.42 Å². The molecule has 3 unspecified atom stereocenters. The van der Waals surface area contributed by atoms with Gasteiger partial charge < -0.3 is 9.47 Å². The maximum atomic E-state index is 13.3. The van der Waals surface area contributed by atoms with Crippen LogP contribution in [0, 0.1) is 5.82 Å². The van der Waals surface area contributed by atoms with Gasteiger partial charge in [0.2, 0.25) is 0 Å². The molecule has 0 spiro atoms. The van der Waals surface area contributed by atoms with Crippen molar-refractivity contribution in [3.8, 4) is 5.75 Å². The van der Waals surface area contributed by atoms with E-state index in [1.807, 2.05) is 6.92 Å². The van der Waals surface area contributed by atoms with Gasteiger partial charge in [-0.3, -0.25) is 0 Å². The molecule has 2 rings (SSSR count). The lowest BCUT2D eigenvalue weighted by Gasteiger charge is -2.40. The summed E-state index contributed by atoms with van der Waals surface area (Å²) in [5.41, 5.74) is 0. The van der Waals surface area contributed by atoms with Gasteiger partial charge in [0.25, 0.3) is 0 Å². The largest absolute Gasteiger partial charge is 0.487 e. The van der Waals surface area contributed by atoms with E-state index < -0.39 is 5.82 Å². The van der Waals surface area contributed by atoms with Crippen LogP contribution in [0.4, 0.5) is 4.39 Å². The first kappa shape index (κ1) is 13.9. The Bertz CT molecular complexity index is 414. The number of hydrogen-bond donors (Lipinski definition) is 0. The van der Waals surface area contributed by atoms with Gasteiger partial charge >= 0.3 is 0 Å². The lowest BCUT2D eigenvalue weighted by atomic mass is 9.91. The number of alkyl halides is 1. The second-order valence-electron chi connectivity index (χ2n) is 4.32. The van der Waals surface area contributed by atoms with E-state index in [9.17, 15) is 4.39 Å². The summed E-state index contributed by atoms with van der Waals surface area (Å²) in [5.74, 6) is -0.0301. The van der Waals surface area contributed by atoms with Crippen LogP contribution in [-0.4, -0.2) is 24.2 Å². The van der Waals surface area contributed by atoms with Crippen LogP contribution in [0.25, 0.3) is 0 Å². The fraction of sp³-hybridized carbons (Fsp3) is 0.538. The van der Waals surface area contributed by atoms with Gasteiger partial charge in [0, 0.05) is 19.1 Å². The van der Waals surface area contributed by atoms with Crippen molar-refractivity contribution in [1.29, 1.82) is 0 Å². The number of benzene rings is 1. The highest BCUT2D eigenvalue weighted by atomic mass is 35.5. The zero-order valence-corrected chi connectivity index (χ0v) is 11.5. The van der Waals surface area contributed by atoms with Crippen LogP contribution in [0.5, 0.6) is 5.75 Å². The second kappa shape index (κ2) is 6.09. The van der Waals surface area contributed by atoms with Crippen LogP contribution >= 0.6 is 23.2 Å².